The van der Waals surface area contributed by atoms with Crippen molar-refractivity contribution in [2.45, 2.75) is 18.9 Å². The molecule has 2 aromatic heterocycles. The maximum absolute atomic E-state index is 13.0. The molecule has 1 fully saturated rings. The fourth-order valence-electron chi connectivity index (χ4n) is 4.14. The highest BCUT2D eigenvalue weighted by molar-refractivity contribution is 7.21. The smallest absolute Gasteiger partial charge is 0.263 e. The zero-order valence-electron chi connectivity index (χ0n) is 18.3. The lowest BCUT2D eigenvalue weighted by Crippen LogP contribution is -2.31. The highest BCUT2D eigenvalue weighted by Crippen LogP contribution is 2.41. The van der Waals surface area contributed by atoms with Crippen LogP contribution in [0.2, 0.25) is 0 Å². The quantitative estimate of drug-likeness (QED) is 0.417. The van der Waals surface area contributed by atoms with E-state index in [0.717, 1.165) is 57.8 Å². The van der Waals surface area contributed by atoms with Gasteiger partial charge in [-0.3, -0.25) is 4.79 Å². The van der Waals surface area contributed by atoms with Crippen LogP contribution >= 0.6 is 11.3 Å². The number of benzene rings is 2. The summed E-state index contributed by atoms with van der Waals surface area (Å²) in [6.45, 7) is 1.24. The molecule has 4 aromatic rings. The molecule has 0 radical (unpaired) electrons. The van der Waals surface area contributed by atoms with E-state index in [0.29, 0.717) is 17.1 Å². The van der Waals surface area contributed by atoms with Crippen molar-refractivity contribution in [1.29, 1.82) is 0 Å². The normalized spacial score (nSPS) is 15.6. The van der Waals surface area contributed by atoms with Crippen molar-refractivity contribution >= 4 is 33.1 Å². The Bertz CT molecular complexity index is 1280. The number of hydrogen-bond donors (Lipinski definition) is 2. The number of amides is 1. The summed E-state index contributed by atoms with van der Waals surface area (Å²) in [5.41, 5.74) is 10.8. The number of thiophene rings is 1. The molecule has 1 unspecified atom stereocenters. The summed E-state index contributed by atoms with van der Waals surface area (Å²) in [6, 6.07) is 19.9. The summed E-state index contributed by atoms with van der Waals surface area (Å²) in [4.78, 5) is 19.1. The molecule has 3 heterocycles. The maximum atomic E-state index is 13.0. The standard InChI is InChI=1S/C26H25N3O3S/c1-31-18-11-9-16(10-12-18)20-14-21(17-6-3-2-4-7-17)29-26-22(20)23(27)24(33-26)25(30)28-15-19-8-5-13-32-19/h2-4,6-7,9-12,14,19H,5,8,13,15,27H2,1H3,(H,28,30). The van der Waals surface area contributed by atoms with E-state index in [9.17, 15) is 4.79 Å². The summed E-state index contributed by atoms with van der Waals surface area (Å²) >= 11 is 1.33. The van der Waals surface area contributed by atoms with Crippen LogP contribution in [-0.2, 0) is 4.74 Å². The van der Waals surface area contributed by atoms with E-state index in [1.165, 1.54) is 11.3 Å². The number of ether oxygens (including phenoxy) is 2. The summed E-state index contributed by atoms with van der Waals surface area (Å²) in [5.74, 6) is 0.591. The van der Waals surface area contributed by atoms with Crippen LogP contribution in [0.1, 0.15) is 22.5 Å². The van der Waals surface area contributed by atoms with Crippen LogP contribution in [0.25, 0.3) is 32.6 Å². The van der Waals surface area contributed by atoms with E-state index in [4.69, 9.17) is 20.2 Å². The predicted octanol–water partition coefficient (Wildman–Crippen LogP) is 5.13. The van der Waals surface area contributed by atoms with Gasteiger partial charge in [-0.05, 0) is 42.2 Å². The average Bonchev–Trinajstić information content (AvgIpc) is 3.50. The SMILES string of the molecule is COc1ccc(-c2cc(-c3ccccc3)nc3sc(C(=O)NCC4CCCO4)c(N)c23)cc1. The zero-order chi connectivity index (χ0) is 22.8. The van der Waals surface area contributed by atoms with Gasteiger partial charge >= 0.3 is 0 Å². The third-order valence-electron chi connectivity index (χ3n) is 5.89. The highest BCUT2D eigenvalue weighted by atomic mass is 32.1. The van der Waals surface area contributed by atoms with Crippen LogP contribution in [0.5, 0.6) is 5.75 Å². The number of carbonyl (C=O) groups is 1. The van der Waals surface area contributed by atoms with Gasteiger partial charge in [0.25, 0.3) is 5.91 Å². The average molecular weight is 460 g/mol. The number of nitrogens with zero attached hydrogens (tertiary/aromatic N) is 1. The van der Waals surface area contributed by atoms with Gasteiger partial charge in [0.05, 0.1) is 24.6 Å². The van der Waals surface area contributed by atoms with Gasteiger partial charge in [0, 0.05) is 24.1 Å². The number of fused-ring (bicyclic) bond motifs is 1. The van der Waals surface area contributed by atoms with Gasteiger partial charge in [-0.25, -0.2) is 4.98 Å². The van der Waals surface area contributed by atoms with E-state index in [2.05, 4.69) is 5.32 Å². The lowest BCUT2D eigenvalue weighted by molar-refractivity contribution is 0.0862. The number of hydrogen-bond acceptors (Lipinski definition) is 6. The van der Waals surface area contributed by atoms with E-state index in [1.807, 2.05) is 60.7 Å². The Labute approximate surface area is 196 Å². The Hall–Kier alpha value is -3.42. The second kappa shape index (κ2) is 9.21. The number of anilines is 1. The molecule has 1 aliphatic heterocycles. The van der Waals surface area contributed by atoms with Crippen LogP contribution in [0.15, 0.2) is 60.7 Å². The first-order chi connectivity index (χ1) is 16.1. The van der Waals surface area contributed by atoms with Crippen molar-refractivity contribution in [2.75, 3.05) is 26.0 Å². The van der Waals surface area contributed by atoms with E-state index in [1.54, 1.807) is 7.11 Å². The Morgan fingerprint density at radius 1 is 1.18 bits per heavy atom. The number of aromatic nitrogens is 1. The number of nitrogens with one attached hydrogen (secondary N) is 1. The number of carbonyl (C=O) groups excluding carboxylic acids is 1. The number of nitrogens with two attached hydrogens (primary N) is 1. The van der Waals surface area contributed by atoms with Crippen molar-refractivity contribution in [2.24, 2.45) is 0 Å². The van der Waals surface area contributed by atoms with Crippen molar-refractivity contribution in [3.05, 3.63) is 65.5 Å². The molecule has 168 valence electrons. The van der Waals surface area contributed by atoms with Crippen LogP contribution in [0, 0.1) is 0 Å². The summed E-state index contributed by atoms with van der Waals surface area (Å²) < 4.78 is 10.9. The summed E-state index contributed by atoms with van der Waals surface area (Å²) in [6.07, 6.45) is 2.07. The van der Waals surface area contributed by atoms with E-state index >= 15 is 0 Å². The molecular weight excluding hydrogens is 434 g/mol. The fourth-order valence-corrected chi connectivity index (χ4v) is 5.17. The monoisotopic (exact) mass is 459 g/mol. The minimum Gasteiger partial charge on any atom is -0.497 e. The van der Waals surface area contributed by atoms with Gasteiger partial charge < -0.3 is 20.5 Å². The Balaban J connectivity index is 1.60. The molecule has 7 heteroatoms. The zero-order valence-corrected chi connectivity index (χ0v) is 19.2. The van der Waals surface area contributed by atoms with Crippen molar-refractivity contribution in [1.82, 2.24) is 10.3 Å². The third-order valence-corrected chi connectivity index (χ3v) is 6.99. The first-order valence-electron chi connectivity index (χ1n) is 11.0. The second-order valence-electron chi connectivity index (χ2n) is 8.02. The fraction of sp³-hybridized carbons (Fsp3) is 0.231. The molecule has 0 bridgehead atoms. The molecule has 1 amide bonds. The van der Waals surface area contributed by atoms with Gasteiger partial charge in [-0.15, -0.1) is 11.3 Å². The molecule has 0 spiro atoms. The molecule has 1 atom stereocenters. The van der Waals surface area contributed by atoms with Crippen LogP contribution < -0.4 is 15.8 Å². The molecule has 0 aliphatic carbocycles. The number of methoxy groups -OCH3 is 1. The van der Waals surface area contributed by atoms with Gasteiger partial charge in [-0.2, -0.15) is 0 Å². The molecule has 2 aromatic carbocycles. The third kappa shape index (κ3) is 4.29. The lowest BCUT2D eigenvalue weighted by atomic mass is 9.99. The van der Waals surface area contributed by atoms with Gasteiger partial charge in [0.2, 0.25) is 0 Å². The number of nitrogen functional groups attached to an aromatic ring is 1. The van der Waals surface area contributed by atoms with Crippen LogP contribution in [0.3, 0.4) is 0 Å². The van der Waals surface area contributed by atoms with E-state index in [-0.39, 0.29) is 12.0 Å². The first kappa shape index (κ1) is 21.4. The molecular formula is C26H25N3O3S. The predicted molar refractivity (Wildman–Crippen MR) is 133 cm³/mol. The molecule has 5 rings (SSSR count). The topological polar surface area (TPSA) is 86.5 Å². The largest absolute Gasteiger partial charge is 0.497 e. The lowest BCUT2D eigenvalue weighted by Gasteiger charge is -2.11. The molecule has 1 saturated heterocycles. The molecule has 33 heavy (non-hydrogen) atoms. The van der Waals surface area contributed by atoms with Crippen molar-refractivity contribution in [3.63, 3.8) is 0 Å². The summed E-state index contributed by atoms with van der Waals surface area (Å²) in [5, 5.41) is 3.78. The minimum absolute atomic E-state index is 0.0715. The molecule has 1 aliphatic rings. The Morgan fingerprint density at radius 3 is 2.67 bits per heavy atom. The van der Waals surface area contributed by atoms with Crippen LogP contribution in [0.4, 0.5) is 5.69 Å². The Morgan fingerprint density at radius 2 is 1.97 bits per heavy atom. The minimum atomic E-state index is -0.187. The van der Waals surface area contributed by atoms with Gasteiger partial charge in [0.1, 0.15) is 15.5 Å². The van der Waals surface area contributed by atoms with Crippen molar-refractivity contribution < 1.29 is 14.3 Å². The molecule has 3 N–H and O–H groups in total. The molecule has 0 saturated carbocycles. The highest BCUT2D eigenvalue weighted by Gasteiger charge is 2.23. The Kier molecular flexibility index (Phi) is 5.98. The maximum Gasteiger partial charge on any atom is 0.263 e. The first-order valence-corrected chi connectivity index (χ1v) is 11.8. The number of pyridine rings is 1. The second-order valence-corrected chi connectivity index (χ2v) is 9.02. The van der Waals surface area contributed by atoms with Gasteiger partial charge in [0.15, 0.2) is 0 Å². The van der Waals surface area contributed by atoms with Crippen LogP contribution in [-0.4, -0.2) is 37.3 Å². The van der Waals surface area contributed by atoms with Crippen molar-refractivity contribution in [3.8, 4) is 28.1 Å². The molecule has 6 nitrogen and oxygen atoms in total. The summed E-state index contributed by atoms with van der Waals surface area (Å²) in [7, 11) is 1.64. The van der Waals surface area contributed by atoms with E-state index < -0.39 is 0 Å². The van der Waals surface area contributed by atoms with Gasteiger partial charge in [-0.1, -0.05) is 42.5 Å². The number of rotatable bonds is 6.